The van der Waals surface area contributed by atoms with Crippen LogP contribution < -0.4 is 0 Å². The number of fused-ring (bicyclic) bond motifs is 1. The first-order valence-corrected chi connectivity index (χ1v) is 7.40. The molecule has 0 aliphatic heterocycles. The molecule has 90 valence electrons. The third-order valence-electron chi connectivity index (χ3n) is 4.92. The molecule has 2 aliphatic rings. The van der Waals surface area contributed by atoms with Crippen LogP contribution in [0.2, 0.25) is 0 Å². The van der Waals surface area contributed by atoms with Gasteiger partial charge in [-0.2, -0.15) is 0 Å². The number of allylic oxidation sites excluding steroid dienone is 2. The molecule has 0 N–H and O–H groups in total. The lowest BCUT2D eigenvalue weighted by molar-refractivity contribution is -0.125. The average molecular weight is 285 g/mol. The topological polar surface area (TPSA) is 17.1 Å². The average Bonchev–Trinajstić information content (AvgIpc) is 2.64. The van der Waals surface area contributed by atoms with Crippen LogP contribution in [0.3, 0.4) is 0 Å². The molecule has 2 heteroatoms. The van der Waals surface area contributed by atoms with E-state index < -0.39 is 0 Å². The quantitative estimate of drug-likeness (QED) is 0.713. The number of halogens is 1. The molecule has 16 heavy (non-hydrogen) atoms. The fraction of sp³-hybridized carbons (Fsp3) is 0.786. The minimum absolute atomic E-state index is 0.171. The second kappa shape index (κ2) is 3.97. The van der Waals surface area contributed by atoms with Crippen molar-refractivity contribution in [3.8, 4) is 0 Å². The van der Waals surface area contributed by atoms with Gasteiger partial charge in [0.05, 0.1) is 0 Å². The molecule has 0 heterocycles. The van der Waals surface area contributed by atoms with Gasteiger partial charge in [-0.25, -0.2) is 0 Å². The van der Waals surface area contributed by atoms with E-state index in [-0.39, 0.29) is 10.8 Å². The van der Waals surface area contributed by atoms with Crippen LogP contribution in [0.25, 0.3) is 0 Å². The van der Waals surface area contributed by atoms with Gasteiger partial charge in [0.15, 0.2) is 5.78 Å². The predicted molar refractivity (Wildman–Crippen MR) is 70.7 cm³/mol. The Labute approximate surface area is 107 Å². The Balaban J connectivity index is 2.38. The van der Waals surface area contributed by atoms with Gasteiger partial charge in [0, 0.05) is 16.2 Å². The number of carbonyl (C=O) groups excluding carboxylic acids is 1. The highest BCUT2D eigenvalue weighted by atomic mass is 79.9. The van der Waals surface area contributed by atoms with Crippen LogP contribution in [0.15, 0.2) is 11.6 Å². The maximum Gasteiger partial charge on any atom is 0.162 e. The first-order chi connectivity index (χ1) is 7.45. The molecule has 1 nitrogen and oxygen atoms in total. The number of hydrogen-bond acceptors (Lipinski definition) is 1. The van der Waals surface area contributed by atoms with Crippen molar-refractivity contribution in [2.45, 2.75) is 46.5 Å². The summed E-state index contributed by atoms with van der Waals surface area (Å²) >= 11 is 3.51. The van der Waals surface area contributed by atoms with E-state index in [1.807, 2.05) is 6.08 Å². The Morgan fingerprint density at radius 3 is 2.81 bits per heavy atom. The summed E-state index contributed by atoms with van der Waals surface area (Å²) in [5, 5.41) is 1.04. The van der Waals surface area contributed by atoms with Crippen molar-refractivity contribution in [1.29, 1.82) is 0 Å². The van der Waals surface area contributed by atoms with Gasteiger partial charge in [-0.15, -0.1) is 0 Å². The van der Waals surface area contributed by atoms with Crippen LogP contribution in [0.4, 0.5) is 0 Å². The lowest BCUT2D eigenvalue weighted by Gasteiger charge is -2.40. The summed E-state index contributed by atoms with van der Waals surface area (Å²) in [7, 11) is 0. The number of hydrogen-bond donors (Lipinski definition) is 0. The molecule has 1 fully saturated rings. The molecule has 0 aromatic rings. The molecular formula is C14H21BrO. The van der Waals surface area contributed by atoms with Crippen molar-refractivity contribution < 1.29 is 4.79 Å². The van der Waals surface area contributed by atoms with E-state index in [0.717, 1.165) is 11.8 Å². The second-order valence-corrected chi connectivity index (χ2v) is 6.70. The summed E-state index contributed by atoms with van der Waals surface area (Å²) in [6.45, 7) is 6.56. The highest BCUT2D eigenvalue weighted by Gasteiger charge is 2.58. The van der Waals surface area contributed by atoms with Gasteiger partial charge in [0.25, 0.3) is 0 Å². The summed E-state index contributed by atoms with van der Waals surface area (Å²) in [5.74, 6) is 0.963. The summed E-state index contributed by atoms with van der Waals surface area (Å²) in [6.07, 6.45) is 6.75. The number of carbonyl (C=O) groups is 1. The second-order valence-electron chi connectivity index (χ2n) is 5.90. The fourth-order valence-electron chi connectivity index (χ4n) is 3.70. The molecule has 0 aromatic carbocycles. The van der Waals surface area contributed by atoms with E-state index in [4.69, 9.17) is 0 Å². The highest BCUT2D eigenvalue weighted by Crippen LogP contribution is 2.63. The largest absolute Gasteiger partial charge is 0.294 e. The van der Waals surface area contributed by atoms with E-state index in [2.05, 4.69) is 36.7 Å². The predicted octanol–water partition coefficient (Wildman–Crippen LogP) is 4.11. The van der Waals surface area contributed by atoms with Crippen molar-refractivity contribution in [2.24, 2.45) is 16.7 Å². The number of ketones is 1. The minimum Gasteiger partial charge on any atom is -0.294 e. The standard InChI is InChI=1S/C14H21BrO/c1-10-5-7-14(6-4-8-15)11(10)9-12(16)13(14,2)3/h9-10H,4-8H2,1-3H3/t10-,14+/m0/s1. The first kappa shape index (κ1) is 12.3. The Bertz CT molecular complexity index is 343. The lowest BCUT2D eigenvalue weighted by Crippen LogP contribution is -2.37. The van der Waals surface area contributed by atoms with Gasteiger partial charge in [-0.05, 0) is 37.7 Å². The summed E-state index contributed by atoms with van der Waals surface area (Å²) in [5.41, 5.74) is 1.45. The third kappa shape index (κ3) is 1.45. The summed E-state index contributed by atoms with van der Waals surface area (Å²) in [4.78, 5) is 12.1. The van der Waals surface area contributed by atoms with E-state index in [9.17, 15) is 4.79 Å². The zero-order valence-electron chi connectivity index (χ0n) is 10.5. The monoisotopic (exact) mass is 284 g/mol. The van der Waals surface area contributed by atoms with Crippen molar-refractivity contribution in [3.05, 3.63) is 11.6 Å². The maximum absolute atomic E-state index is 12.1. The molecule has 1 saturated carbocycles. The smallest absolute Gasteiger partial charge is 0.162 e. The van der Waals surface area contributed by atoms with Gasteiger partial charge >= 0.3 is 0 Å². The molecule has 0 amide bonds. The van der Waals surface area contributed by atoms with Crippen LogP contribution in [-0.4, -0.2) is 11.1 Å². The molecule has 2 aliphatic carbocycles. The summed E-state index contributed by atoms with van der Waals surface area (Å²) in [6, 6.07) is 0. The van der Waals surface area contributed by atoms with Crippen LogP contribution in [0.5, 0.6) is 0 Å². The number of alkyl halides is 1. The van der Waals surface area contributed by atoms with Crippen LogP contribution in [-0.2, 0) is 4.79 Å². The number of rotatable bonds is 3. The minimum atomic E-state index is -0.171. The fourth-order valence-corrected chi connectivity index (χ4v) is 3.98. The summed E-state index contributed by atoms with van der Waals surface area (Å²) < 4.78 is 0. The van der Waals surface area contributed by atoms with Gasteiger partial charge in [-0.3, -0.25) is 4.79 Å². The van der Waals surface area contributed by atoms with E-state index in [1.165, 1.54) is 24.8 Å². The molecule has 2 atom stereocenters. The molecule has 0 unspecified atom stereocenters. The van der Waals surface area contributed by atoms with E-state index >= 15 is 0 Å². The van der Waals surface area contributed by atoms with Gasteiger partial charge in [0.2, 0.25) is 0 Å². The van der Waals surface area contributed by atoms with E-state index in [0.29, 0.717) is 11.7 Å². The molecule has 0 saturated heterocycles. The zero-order valence-corrected chi connectivity index (χ0v) is 12.1. The third-order valence-corrected chi connectivity index (χ3v) is 5.48. The Hall–Kier alpha value is -0.110. The molecular weight excluding hydrogens is 264 g/mol. The van der Waals surface area contributed by atoms with Gasteiger partial charge < -0.3 is 0 Å². The van der Waals surface area contributed by atoms with Crippen molar-refractivity contribution in [3.63, 3.8) is 0 Å². The van der Waals surface area contributed by atoms with Crippen LogP contribution in [0, 0.1) is 16.7 Å². The lowest BCUT2D eigenvalue weighted by atomic mass is 9.62. The molecule has 0 spiro atoms. The Kier molecular flexibility index (Phi) is 3.07. The van der Waals surface area contributed by atoms with Gasteiger partial charge in [-0.1, -0.05) is 42.3 Å². The van der Waals surface area contributed by atoms with Gasteiger partial charge in [0.1, 0.15) is 0 Å². The van der Waals surface area contributed by atoms with Crippen molar-refractivity contribution in [1.82, 2.24) is 0 Å². The van der Waals surface area contributed by atoms with E-state index in [1.54, 1.807) is 0 Å². The molecule has 0 bridgehead atoms. The highest BCUT2D eigenvalue weighted by molar-refractivity contribution is 9.09. The van der Waals surface area contributed by atoms with Crippen LogP contribution in [0.1, 0.15) is 46.5 Å². The first-order valence-electron chi connectivity index (χ1n) is 6.28. The SMILES string of the molecule is C[C@H]1CC[C@]2(CCCBr)C1=CC(=O)C2(C)C. The Morgan fingerprint density at radius 2 is 2.19 bits per heavy atom. The Morgan fingerprint density at radius 1 is 1.50 bits per heavy atom. The molecule has 0 radical (unpaired) electrons. The molecule has 2 rings (SSSR count). The molecule has 0 aromatic heterocycles. The van der Waals surface area contributed by atoms with Crippen molar-refractivity contribution in [2.75, 3.05) is 5.33 Å². The zero-order chi connectivity index (χ0) is 12.0. The maximum atomic E-state index is 12.1. The van der Waals surface area contributed by atoms with Crippen molar-refractivity contribution >= 4 is 21.7 Å². The normalized spacial score (nSPS) is 36.4. The van der Waals surface area contributed by atoms with Crippen LogP contribution >= 0.6 is 15.9 Å².